The van der Waals surface area contributed by atoms with Crippen molar-refractivity contribution in [1.82, 2.24) is 9.88 Å². The first-order chi connectivity index (χ1) is 13.7. The molecule has 150 valence electrons. The van der Waals surface area contributed by atoms with Crippen LogP contribution in [0.2, 0.25) is 0 Å². The quantitative estimate of drug-likeness (QED) is 0.784. The Morgan fingerprint density at radius 1 is 1.29 bits per heavy atom. The first-order valence-electron chi connectivity index (χ1n) is 9.30. The lowest BCUT2D eigenvalue weighted by atomic mass is 9.97. The van der Waals surface area contributed by atoms with Gasteiger partial charge in [-0.3, -0.25) is 9.78 Å². The van der Waals surface area contributed by atoms with Crippen molar-refractivity contribution < 1.29 is 24.1 Å². The number of pyridine rings is 1. The van der Waals surface area contributed by atoms with Gasteiger partial charge in [0.2, 0.25) is 5.91 Å². The molecule has 1 aliphatic heterocycles. The van der Waals surface area contributed by atoms with E-state index in [1.54, 1.807) is 37.6 Å². The predicted octanol–water partition coefficient (Wildman–Crippen LogP) is 1.99. The Labute approximate surface area is 164 Å². The Kier molecular flexibility index (Phi) is 6.84. The highest BCUT2D eigenvalue weighted by Crippen LogP contribution is 2.36. The van der Waals surface area contributed by atoms with E-state index in [2.05, 4.69) is 4.98 Å². The van der Waals surface area contributed by atoms with Crippen molar-refractivity contribution in [1.29, 1.82) is 0 Å². The third-order valence-corrected chi connectivity index (χ3v) is 4.95. The average molecular weight is 386 g/mol. The summed E-state index contributed by atoms with van der Waals surface area (Å²) in [4.78, 5) is 18.9. The molecule has 1 aromatic carbocycles. The summed E-state index contributed by atoms with van der Waals surface area (Å²) >= 11 is 0. The summed E-state index contributed by atoms with van der Waals surface area (Å²) in [6.07, 6.45) is 3.98. The van der Waals surface area contributed by atoms with Crippen LogP contribution < -0.4 is 9.47 Å². The van der Waals surface area contributed by atoms with Crippen molar-refractivity contribution in [3.63, 3.8) is 0 Å². The van der Waals surface area contributed by atoms with Crippen LogP contribution in [0.1, 0.15) is 23.6 Å². The fraction of sp³-hybridized carbons (Fsp3) is 0.429. The number of ether oxygens (including phenoxy) is 3. The molecule has 1 aromatic heterocycles. The smallest absolute Gasteiger partial charge is 0.223 e. The van der Waals surface area contributed by atoms with Crippen LogP contribution in [0.5, 0.6) is 11.5 Å². The average Bonchev–Trinajstić information content (AvgIpc) is 2.77. The zero-order valence-corrected chi connectivity index (χ0v) is 16.2. The summed E-state index contributed by atoms with van der Waals surface area (Å²) in [6.45, 7) is 0.695. The molecule has 0 unspecified atom stereocenters. The minimum Gasteiger partial charge on any atom is -0.493 e. The van der Waals surface area contributed by atoms with E-state index in [0.717, 1.165) is 11.1 Å². The monoisotopic (exact) mass is 386 g/mol. The minimum atomic E-state index is -0.491. The van der Waals surface area contributed by atoms with Crippen LogP contribution in [0.15, 0.2) is 42.7 Å². The lowest BCUT2D eigenvalue weighted by molar-refractivity contribution is -0.149. The van der Waals surface area contributed by atoms with Crippen molar-refractivity contribution in [2.45, 2.75) is 25.0 Å². The summed E-state index contributed by atoms with van der Waals surface area (Å²) in [5, 5.41) is 9.83. The van der Waals surface area contributed by atoms with Crippen molar-refractivity contribution in [3.05, 3.63) is 53.9 Å². The van der Waals surface area contributed by atoms with Gasteiger partial charge < -0.3 is 24.2 Å². The second kappa shape index (κ2) is 9.52. The van der Waals surface area contributed by atoms with Gasteiger partial charge in [-0.2, -0.15) is 0 Å². The van der Waals surface area contributed by atoms with Crippen LogP contribution in [0, 0.1) is 0 Å². The highest BCUT2D eigenvalue weighted by atomic mass is 16.5. The molecule has 0 spiro atoms. The number of aliphatic hydroxyl groups is 1. The molecule has 2 heterocycles. The van der Waals surface area contributed by atoms with E-state index in [1.165, 1.54) is 0 Å². The van der Waals surface area contributed by atoms with Gasteiger partial charge in [0, 0.05) is 25.4 Å². The summed E-state index contributed by atoms with van der Waals surface area (Å²) in [7, 11) is 3.14. The number of aryl methyl sites for hydroxylation is 1. The zero-order chi connectivity index (χ0) is 19.9. The van der Waals surface area contributed by atoms with Crippen LogP contribution in [-0.2, 0) is 16.0 Å². The predicted molar refractivity (Wildman–Crippen MR) is 103 cm³/mol. The SMILES string of the molecule is COc1ccc([C@@H]2[C@@H](CO)OCCN2C(=O)CCc2cccnc2)cc1OC. The number of hydrogen-bond acceptors (Lipinski definition) is 6. The van der Waals surface area contributed by atoms with Crippen molar-refractivity contribution in [2.75, 3.05) is 34.0 Å². The molecule has 0 saturated carbocycles. The van der Waals surface area contributed by atoms with Gasteiger partial charge >= 0.3 is 0 Å². The van der Waals surface area contributed by atoms with E-state index < -0.39 is 6.10 Å². The molecule has 1 aliphatic rings. The largest absolute Gasteiger partial charge is 0.493 e. The normalized spacial score (nSPS) is 19.3. The van der Waals surface area contributed by atoms with Crippen LogP contribution in [-0.4, -0.2) is 61.0 Å². The van der Waals surface area contributed by atoms with E-state index in [0.29, 0.717) is 37.5 Å². The van der Waals surface area contributed by atoms with Gasteiger partial charge in [-0.15, -0.1) is 0 Å². The molecule has 1 N–H and O–H groups in total. The molecule has 2 aromatic rings. The van der Waals surface area contributed by atoms with E-state index in [1.807, 2.05) is 24.3 Å². The molecule has 2 atom stereocenters. The Morgan fingerprint density at radius 3 is 2.79 bits per heavy atom. The maximum atomic E-state index is 13.0. The number of nitrogens with zero attached hydrogens (tertiary/aromatic N) is 2. The van der Waals surface area contributed by atoms with Gasteiger partial charge in [0.1, 0.15) is 6.10 Å². The topological polar surface area (TPSA) is 81.1 Å². The first kappa shape index (κ1) is 20.1. The number of hydrogen-bond donors (Lipinski definition) is 1. The number of aromatic nitrogens is 1. The summed E-state index contributed by atoms with van der Waals surface area (Å²) < 4.78 is 16.4. The molecule has 0 bridgehead atoms. The summed E-state index contributed by atoms with van der Waals surface area (Å²) in [5.41, 5.74) is 1.86. The zero-order valence-electron chi connectivity index (χ0n) is 16.2. The highest BCUT2D eigenvalue weighted by Gasteiger charge is 2.36. The standard InChI is InChI=1S/C21H26N2O5/c1-26-17-7-6-16(12-18(17)27-2)21-19(14-24)28-11-10-23(21)20(25)8-5-15-4-3-9-22-13-15/h3-4,6-7,9,12-13,19,21,24H,5,8,10-11,14H2,1-2H3/t19-,21-/m1/s1. The highest BCUT2D eigenvalue weighted by molar-refractivity contribution is 5.77. The molecule has 7 nitrogen and oxygen atoms in total. The van der Waals surface area contributed by atoms with Gasteiger partial charge in [0.05, 0.1) is 33.5 Å². The molecule has 1 amide bonds. The lowest BCUT2D eigenvalue weighted by Gasteiger charge is -2.41. The Bertz CT molecular complexity index is 784. The molecule has 3 rings (SSSR count). The number of morpholine rings is 1. The Balaban J connectivity index is 1.83. The van der Waals surface area contributed by atoms with Gasteiger partial charge in [0.25, 0.3) is 0 Å². The number of methoxy groups -OCH3 is 2. The molecule has 0 radical (unpaired) electrons. The van der Waals surface area contributed by atoms with Gasteiger partial charge in [-0.1, -0.05) is 12.1 Å². The van der Waals surface area contributed by atoms with Crippen molar-refractivity contribution in [3.8, 4) is 11.5 Å². The van der Waals surface area contributed by atoms with E-state index in [-0.39, 0.29) is 18.6 Å². The fourth-order valence-electron chi connectivity index (χ4n) is 3.54. The number of aliphatic hydroxyl groups excluding tert-OH is 1. The molecule has 0 aliphatic carbocycles. The van der Waals surface area contributed by atoms with E-state index in [9.17, 15) is 9.90 Å². The molecule has 28 heavy (non-hydrogen) atoms. The number of amides is 1. The summed E-state index contributed by atoms with van der Waals surface area (Å²) in [6, 6.07) is 8.95. The number of benzene rings is 1. The molecular weight excluding hydrogens is 360 g/mol. The van der Waals surface area contributed by atoms with E-state index in [4.69, 9.17) is 14.2 Å². The molecule has 1 saturated heterocycles. The number of carbonyl (C=O) groups is 1. The van der Waals surface area contributed by atoms with Gasteiger partial charge in [-0.25, -0.2) is 0 Å². The molecule has 7 heteroatoms. The lowest BCUT2D eigenvalue weighted by Crippen LogP contribution is -2.49. The third kappa shape index (κ3) is 4.43. The van der Waals surface area contributed by atoms with Gasteiger partial charge in [-0.05, 0) is 35.7 Å². The van der Waals surface area contributed by atoms with E-state index >= 15 is 0 Å². The third-order valence-electron chi connectivity index (χ3n) is 4.95. The maximum Gasteiger partial charge on any atom is 0.223 e. The van der Waals surface area contributed by atoms with Gasteiger partial charge in [0.15, 0.2) is 11.5 Å². The Hall–Kier alpha value is -2.64. The fourth-order valence-corrected chi connectivity index (χ4v) is 3.54. The van der Waals surface area contributed by atoms with Crippen molar-refractivity contribution >= 4 is 5.91 Å². The van der Waals surface area contributed by atoms with Crippen LogP contribution in [0.4, 0.5) is 0 Å². The van der Waals surface area contributed by atoms with Crippen LogP contribution >= 0.6 is 0 Å². The van der Waals surface area contributed by atoms with Crippen LogP contribution in [0.25, 0.3) is 0 Å². The first-order valence-corrected chi connectivity index (χ1v) is 9.30. The second-order valence-electron chi connectivity index (χ2n) is 6.60. The number of rotatable bonds is 7. The Morgan fingerprint density at radius 2 is 2.11 bits per heavy atom. The second-order valence-corrected chi connectivity index (χ2v) is 6.60. The number of carbonyl (C=O) groups excluding carboxylic acids is 1. The maximum absolute atomic E-state index is 13.0. The molecule has 1 fully saturated rings. The van der Waals surface area contributed by atoms with Crippen LogP contribution in [0.3, 0.4) is 0 Å². The van der Waals surface area contributed by atoms with Crippen molar-refractivity contribution in [2.24, 2.45) is 0 Å². The minimum absolute atomic E-state index is 0.0189. The summed E-state index contributed by atoms with van der Waals surface area (Å²) in [5.74, 6) is 1.20. The molecular formula is C21H26N2O5.